The van der Waals surface area contributed by atoms with E-state index in [4.69, 9.17) is 0 Å². The van der Waals surface area contributed by atoms with E-state index in [0.29, 0.717) is 0 Å². The van der Waals surface area contributed by atoms with Crippen molar-refractivity contribution in [3.63, 3.8) is 0 Å². The van der Waals surface area contributed by atoms with E-state index in [1.165, 1.54) is 14.2 Å². The van der Waals surface area contributed by atoms with Crippen LogP contribution in [0.5, 0.6) is 0 Å². The molecule has 0 aromatic carbocycles. The molecule has 0 saturated carbocycles. The second-order valence-electron chi connectivity index (χ2n) is 4.17. The van der Waals surface area contributed by atoms with Crippen LogP contribution in [0, 0.1) is 6.92 Å². The molecule has 0 aliphatic rings. The molecule has 0 amide bonds. The van der Waals surface area contributed by atoms with Crippen LogP contribution in [-0.2, 0) is 6.54 Å². The molecule has 0 saturated heterocycles. The Morgan fingerprint density at radius 1 is 1.50 bits per heavy atom. The fourth-order valence-corrected chi connectivity index (χ4v) is 3.64. The Kier molecular flexibility index (Phi) is 4.59. The third kappa shape index (κ3) is 2.68. The molecule has 0 bridgehead atoms. The van der Waals surface area contributed by atoms with Crippen molar-refractivity contribution in [2.24, 2.45) is 0 Å². The predicted octanol–water partition coefficient (Wildman–Crippen LogP) is 3.73. The molecule has 1 atom stereocenters. The SMILES string of the molecule is CCNC(c1cc(C)c(Br)s1)c1nccn1CC. The number of hydrogen-bond acceptors (Lipinski definition) is 3. The summed E-state index contributed by atoms with van der Waals surface area (Å²) in [5.41, 5.74) is 1.28. The zero-order chi connectivity index (χ0) is 13.1. The zero-order valence-electron chi connectivity index (χ0n) is 10.9. The molecule has 0 spiro atoms. The van der Waals surface area contributed by atoms with Crippen molar-refractivity contribution in [1.29, 1.82) is 0 Å². The molecule has 1 N–H and O–H groups in total. The normalized spacial score (nSPS) is 12.9. The molecule has 0 radical (unpaired) electrons. The molecule has 0 fully saturated rings. The zero-order valence-corrected chi connectivity index (χ0v) is 13.3. The standard InChI is InChI=1S/C13H18BrN3S/c1-4-15-11(10-8-9(3)12(14)18-10)13-16-6-7-17(13)5-2/h6-8,11,15H,4-5H2,1-3H3. The number of hydrogen-bond donors (Lipinski definition) is 1. The summed E-state index contributed by atoms with van der Waals surface area (Å²) < 4.78 is 3.39. The van der Waals surface area contributed by atoms with E-state index in [9.17, 15) is 0 Å². The Balaban J connectivity index is 2.39. The number of thiophene rings is 1. The van der Waals surface area contributed by atoms with Gasteiger partial charge in [-0.05, 0) is 48.0 Å². The van der Waals surface area contributed by atoms with E-state index in [1.54, 1.807) is 11.3 Å². The summed E-state index contributed by atoms with van der Waals surface area (Å²) in [7, 11) is 0. The Morgan fingerprint density at radius 3 is 2.83 bits per heavy atom. The first-order valence-corrected chi connectivity index (χ1v) is 7.78. The van der Waals surface area contributed by atoms with Crippen molar-refractivity contribution >= 4 is 27.3 Å². The Morgan fingerprint density at radius 2 is 2.28 bits per heavy atom. The highest BCUT2D eigenvalue weighted by Gasteiger charge is 2.20. The summed E-state index contributed by atoms with van der Waals surface area (Å²) in [6.45, 7) is 8.27. The maximum Gasteiger partial charge on any atom is 0.131 e. The molecular weight excluding hydrogens is 310 g/mol. The number of nitrogens with zero attached hydrogens (tertiary/aromatic N) is 2. The fourth-order valence-electron chi connectivity index (χ4n) is 2.00. The van der Waals surface area contributed by atoms with Crippen molar-refractivity contribution in [2.45, 2.75) is 33.4 Å². The van der Waals surface area contributed by atoms with Crippen LogP contribution in [0.4, 0.5) is 0 Å². The van der Waals surface area contributed by atoms with Gasteiger partial charge in [0.25, 0.3) is 0 Å². The average Bonchev–Trinajstić information content (AvgIpc) is 2.94. The van der Waals surface area contributed by atoms with E-state index < -0.39 is 0 Å². The lowest BCUT2D eigenvalue weighted by atomic mass is 10.2. The van der Waals surface area contributed by atoms with Crippen molar-refractivity contribution in [3.8, 4) is 0 Å². The second kappa shape index (κ2) is 5.99. The first kappa shape index (κ1) is 13.8. The highest BCUT2D eigenvalue weighted by molar-refractivity contribution is 9.11. The fraction of sp³-hybridized carbons (Fsp3) is 0.462. The first-order chi connectivity index (χ1) is 8.67. The van der Waals surface area contributed by atoms with Gasteiger partial charge in [-0.25, -0.2) is 4.98 Å². The second-order valence-corrected chi connectivity index (χ2v) is 6.57. The smallest absolute Gasteiger partial charge is 0.131 e. The van der Waals surface area contributed by atoms with Crippen LogP contribution in [0.1, 0.15) is 36.2 Å². The molecule has 5 heteroatoms. The molecule has 3 nitrogen and oxygen atoms in total. The van der Waals surface area contributed by atoms with Crippen LogP contribution < -0.4 is 5.32 Å². The molecule has 0 aliphatic heterocycles. The molecule has 1 unspecified atom stereocenters. The maximum atomic E-state index is 4.51. The number of aryl methyl sites for hydroxylation is 2. The molecule has 2 aromatic heterocycles. The summed E-state index contributed by atoms with van der Waals surface area (Å²) in [4.78, 5) is 5.82. The molecule has 98 valence electrons. The molecule has 2 aromatic rings. The average molecular weight is 328 g/mol. The van der Waals surface area contributed by atoms with Gasteiger partial charge in [-0.15, -0.1) is 11.3 Å². The van der Waals surface area contributed by atoms with Crippen LogP contribution in [0.2, 0.25) is 0 Å². The van der Waals surface area contributed by atoms with E-state index in [-0.39, 0.29) is 6.04 Å². The Bertz CT molecular complexity index is 499. The highest BCUT2D eigenvalue weighted by Crippen LogP contribution is 2.33. The van der Waals surface area contributed by atoms with Crippen molar-refractivity contribution in [2.75, 3.05) is 6.54 Å². The largest absolute Gasteiger partial charge is 0.334 e. The van der Waals surface area contributed by atoms with E-state index in [2.05, 4.69) is 57.6 Å². The number of imidazole rings is 1. The van der Waals surface area contributed by atoms with Gasteiger partial charge in [-0.2, -0.15) is 0 Å². The van der Waals surface area contributed by atoms with Crippen molar-refractivity contribution in [3.05, 3.63) is 38.5 Å². The third-order valence-electron chi connectivity index (χ3n) is 2.92. The monoisotopic (exact) mass is 327 g/mol. The first-order valence-electron chi connectivity index (χ1n) is 6.17. The number of rotatable bonds is 5. The summed E-state index contributed by atoms with van der Waals surface area (Å²) in [6, 6.07) is 2.41. The molecule has 2 rings (SSSR count). The van der Waals surface area contributed by atoms with Gasteiger partial charge in [-0.3, -0.25) is 0 Å². The number of aromatic nitrogens is 2. The quantitative estimate of drug-likeness (QED) is 0.906. The minimum absolute atomic E-state index is 0.181. The van der Waals surface area contributed by atoms with Gasteiger partial charge in [0.1, 0.15) is 11.9 Å². The van der Waals surface area contributed by atoms with Crippen LogP contribution in [0.25, 0.3) is 0 Å². The van der Waals surface area contributed by atoms with Gasteiger partial charge < -0.3 is 9.88 Å². The van der Waals surface area contributed by atoms with Crippen LogP contribution >= 0.6 is 27.3 Å². The van der Waals surface area contributed by atoms with Crippen molar-refractivity contribution in [1.82, 2.24) is 14.9 Å². The summed E-state index contributed by atoms with van der Waals surface area (Å²) in [6.07, 6.45) is 3.91. The summed E-state index contributed by atoms with van der Waals surface area (Å²) in [5.74, 6) is 1.09. The van der Waals surface area contributed by atoms with Gasteiger partial charge >= 0.3 is 0 Å². The Hall–Kier alpha value is -0.650. The number of halogens is 1. The maximum absolute atomic E-state index is 4.51. The minimum atomic E-state index is 0.181. The van der Waals surface area contributed by atoms with E-state index in [0.717, 1.165) is 18.9 Å². The van der Waals surface area contributed by atoms with Gasteiger partial charge in [0.05, 0.1) is 3.79 Å². The summed E-state index contributed by atoms with van der Waals surface area (Å²) >= 11 is 5.38. The van der Waals surface area contributed by atoms with Gasteiger partial charge in [0.2, 0.25) is 0 Å². The minimum Gasteiger partial charge on any atom is -0.334 e. The van der Waals surface area contributed by atoms with Crippen LogP contribution in [0.3, 0.4) is 0 Å². The third-order valence-corrected chi connectivity index (χ3v) is 5.12. The molecule has 0 aliphatic carbocycles. The lowest BCUT2D eigenvalue weighted by molar-refractivity contribution is 0.565. The number of nitrogens with one attached hydrogen (secondary N) is 1. The molecule has 2 heterocycles. The van der Waals surface area contributed by atoms with Gasteiger partial charge in [0, 0.05) is 23.8 Å². The molecular formula is C13H18BrN3S. The Labute approximate surface area is 120 Å². The van der Waals surface area contributed by atoms with Crippen LogP contribution in [0.15, 0.2) is 22.2 Å². The molecule has 18 heavy (non-hydrogen) atoms. The lowest BCUT2D eigenvalue weighted by Crippen LogP contribution is -2.24. The topological polar surface area (TPSA) is 29.9 Å². The lowest BCUT2D eigenvalue weighted by Gasteiger charge is -2.17. The van der Waals surface area contributed by atoms with Crippen LogP contribution in [-0.4, -0.2) is 16.1 Å². The van der Waals surface area contributed by atoms with Gasteiger partial charge in [0.15, 0.2) is 0 Å². The van der Waals surface area contributed by atoms with E-state index in [1.807, 2.05) is 12.4 Å². The van der Waals surface area contributed by atoms with Crippen molar-refractivity contribution < 1.29 is 0 Å². The van der Waals surface area contributed by atoms with E-state index >= 15 is 0 Å². The predicted molar refractivity (Wildman–Crippen MR) is 80.2 cm³/mol. The summed E-state index contributed by atoms with van der Waals surface area (Å²) in [5, 5.41) is 3.52. The highest BCUT2D eigenvalue weighted by atomic mass is 79.9. The van der Waals surface area contributed by atoms with Gasteiger partial charge in [-0.1, -0.05) is 6.92 Å².